The number of amides is 1. The van der Waals surface area contributed by atoms with E-state index in [-0.39, 0.29) is 11.1 Å². The molecule has 1 N–H and O–H groups in total. The van der Waals surface area contributed by atoms with Crippen molar-refractivity contribution in [3.8, 4) is 0 Å². The lowest BCUT2D eigenvalue weighted by Crippen LogP contribution is -2.56. The molecule has 1 amide bonds. The molecule has 3 aliphatic rings. The van der Waals surface area contributed by atoms with Crippen molar-refractivity contribution in [2.75, 3.05) is 83.0 Å². The summed E-state index contributed by atoms with van der Waals surface area (Å²) < 4.78 is 24.7. The summed E-state index contributed by atoms with van der Waals surface area (Å²) in [6.45, 7) is 6.10. The van der Waals surface area contributed by atoms with E-state index in [0.29, 0.717) is 60.5 Å². The molecule has 2 fully saturated rings. The molecule has 2 saturated heterocycles. The van der Waals surface area contributed by atoms with Gasteiger partial charge in [-0.3, -0.25) is 19.6 Å². The van der Waals surface area contributed by atoms with Crippen molar-refractivity contribution in [1.29, 1.82) is 0 Å². The van der Waals surface area contributed by atoms with E-state index in [1.807, 2.05) is 17.5 Å². The van der Waals surface area contributed by atoms with E-state index in [4.69, 9.17) is 26.1 Å². The molecule has 0 radical (unpaired) electrons. The molecule has 1 aromatic heterocycles. The first-order valence-electron chi connectivity index (χ1n) is 15.4. The van der Waals surface area contributed by atoms with E-state index in [0.717, 1.165) is 44.0 Å². The van der Waals surface area contributed by atoms with Crippen LogP contribution in [0.25, 0.3) is 0 Å². The first kappa shape index (κ1) is 33.0. The third kappa shape index (κ3) is 7.49. The number of amidine groups is 1. The lowest BCUT2D eigenvalue weighted by atomic mass is 9.95. The minimum atomic E-state index is -0.833. The number of likely N-dealkylation sites (N-methyl/N-ethyl adjacent to an activating group) is 1. The quantitative estimate of drug-likeness (QED) is 0.254. The van der Waals surface area contributed by atoms with E-state index in [9.17, 15) is 14.0 Å². The SMILES string of the molecule is COC(=O)C1=C(CN2CCN(C)C(CN(C=O)c3ccc(N4CCOCC4)cc3)C2)NC(c2nccs2)=N[C@H]1c1ccc(F)cc1Cl. The second kappa shape index (κ2) is 14.9. The highest BCUT2D eigenvalue weighted by molar-refractivity contribution is 7.11. The first-order valence-corrected chi connectivity index (χ1v) is 16.7. The minimum Gasteiger partial charge on any atom is -0.466 e. The van der Waals surface area contributed by atoms with Crippen LogP contribution in [0, 0.1) is 5.82 Å². The third-order valence-corrected chi connectivity index (χ3v) is 9.87. The van der Waals surface area contributed by atoms with Crippen molar-refractivity contribution in [2.45, 2.75) is 12.1 Å². The number of halogens is 2. The lowest BCUT2D eigenvalue weighted by molar-refractivity contribution is -0.136. The number of thiazole rings is 1. The molecule has 14 heteroatoms. The van der Waals surface area contributed by atoms with Crippen LogP contribution in [0.2, 0.25) is 5.02 Å². The Morgan fingerprint density at radius 3 is 2.66 bits per heavy atom. The van der Waals surface area contributed by atoms with Gasteiger partial charge in [0.15, 0.2) is 10.8 Å². The van der Waals surface area contributed by atoms with Crippen LogP contribution in [0.15, 0.2) is 70.3 Å². The van der Waals surface area contributed by atoms with Gasteiger partial charge >= 0.3 is 5.97 Å². The lowest BCUT2D eigenvalue weighted by Gasteiger charge is -2.41. The number of methoxy groups -OCH3 is 1. The van der Waals surface area contributed by atoms with E-state index in [1.54, 1.807) is 17.2 Å². The molecule has 0 spiro atoms. The molecule has 11 nitrogen and oxygen atoms in total. The average molecular weight is 682 g/mol. The monoisotopic (exact) mass is 681 g/mol. The Kier molecular flexibility index (Phi) is 10.5. The Hall–Kier alpha value is -3.88. The molecule has 3 aromatic rings. The van der Waals surface area contributed by atoms with Crippen molar-refractivity contribution in [3.63, 3.8) is 0 Å². The molecule has 248 valence electrons. The second-order valence-electron chi connectivity index (χ2n) is 11.6. The van der Waals surface area contributed by atoms with Crippen LogP contribution in [0.3, 0.4) is 0 Å². The third-order valence-electron chi connectivity index (χ3n) is 8.76. The van der Waals surface area contributed by atoms with Gasteiger partial charge in [-0.1, -0.05) is 17.7 Å². The summed E-state index contributed by atoms with van der Waals surface area (Å²) in [7, 11) is 3.38. The van der Waals surface area contributed by atoms with Gasteiger partial charge in [0.1, 0.15) is 11.9 Å². The number of hydrogen-bond donors (Lipinski definition) is 1. The van der Waals surface area contributed by atoms with Crippen LogP contribution >= 0.6 is 22.9 Å². The Morgan fingerprint density at radius 1 is 1.19 bits per heavy atom. The fourth-order valence-corrected chi connectivity index (χ4v) is 7.01. The number of piperazine rings is 1. The van der Waals surface area contributed by atoms with Crippen LogP contribution in [0.1, 0.15) is 16.6 Å². The van der Waals surface area contributed by atoms with Crippen molar-refractivity contribution in [2.24, 2.45) is 4.99 Å². The smallest absolute Gasteiger partial charge is 0.338 e. The number of aliphatic imine (C=N–C) groups is 1. The first-order chi connectivity index (χ1) is 22.8. The van der Waals surface area contributed by atoms with E-state index in [2.05, 4.69) is 44.2 Å². The van der Waals surface area contributed by atoms with Gasteiger partial charge in [-0.15, -0.1) is 11.3 Å². The number of nitrogens with zero attached hydrogens (tertiary/aromatic N) is 6. The highest BCUT2D eigenvalue weighted by atomic mass is 35.5. The Morgan fingerprint density at radius 2 is 1.98 bits per heavy atom. The second-order valence-corrected chi connectivity index (χ2v) is 12.9. The zero-order valence-corrected chi connectivity index (χ0v) is 27.8. The number of nitrogens with one attached hydrogen (secondary N) is 1. The summed E-state index contributed by atoms with van der Waals surface area (Å²) in [6, 6.07) is 11.3. The molecule has 2 aromatic carbocycles. The van der Waals surface area contributed by atoms with Crippen LogP contribution in [0.4, 0.5) is 15.8 Å². The number of hydrogen-bond acceptors (Lipinski definition) is 11. The molecule has 3 aliphatic heterocycles. The number of aromatic nitrogens is 1. The number of carbonyl (C=O) groups is 2. The normalized spacial score (nSPS) is 20.9. The predicted molar refractivity (Wildman–Crippen MR) is 181 cm³/mol. The molecule has 0 bridgehead atoms. The molecule has 47 heavy (non-hydrogen) atoms. The molecule has 1 unspecified atom stereocenters. The van der Waals surface area contributed by atoms with Gasteiger partial charge in [-0.2, -0.15) is 0 Å². The van der Waals surface area contributed by atoms with Gasteiger partial charge in [-0.05, 0) is 43.4 Å². The Bertz CT molecular complexity index is 1630. The predicted octanol–water partition coefficient (Wildman–Crippen LogP) is 3.57. The topological polar surface area (TPSA) is 103 Å². The number of esters is 1. The highest BCUT2D eigenvalue weighted by Crippen LogP contribution is 2.37. The number of anilines is 2. The maximum absolute atomic E-state index is 14.0. The zero-order chi connectivity index (χ0) is 32.9. The molecule has 0 aliphatic carbocycles. The fourth-order valence-electron chi connectivity index (χ4n) is 6.16. The molecule has 4 heterocycles. The maximum Gasteiger partial charge on any atom is 0.338 e. The number of benzene rings is 2. The summed E-state index contributed by atoms with van der Waals surface area (Å²) >= 11 is 7.92. The average Bonchev–Trinajstić information content (AvgIpc) is 3.64. The van der Waals surface area contributed by atoms with E-state index in [1.165, 1.54) is 30.6 Å². The van der Waals surface area contributed by atoms with Crippen LogP contribution in [-0.2, 0) is 19.1 Å². The number of morpholine rings is 1. The maximum atomic E-state index is 14.0. The molecule has 2 atom stereocenters. The van der Waals surface area contributed by atoms with E-state index < -0.39 is 17.8 Å². The van der Waals surface area contributed by atoms with Crippen molar-refractivity contribution >= 4 is 52.5 Å². The highest BCUT2D eigenvalue weighted by Gasteiger charge is 2.36. The zero-order valence-electron chi connectivity index (χ0n) is 26.3. The van der Waals surface area contributed by atoms with Crippen LogP contribution in [0.5, 0.6) is 0 Å². The van der Waals surface area contributed by atoms with Crippen LogP contribution in [-0.4, -0.2) is 112 Å². The Labute approximate surface area is 282 Å². The summed E-state index contributed by atoms with van der Waals surface area (Å²) in [5.41, 5.74) is 3.33. The molecular formula is C33H37ClFN7O4S. The van der Waals surface area contributed by atoms with Gasteiger partial charge in [0.25, 0.3) is 0 Å². The molecule has 6 rings (SSSR count). The number of ether oxygens (including phenoxy) is 2. The summed E-state index contributed by atoms with van der Waals surface area (Å²) in [5, 5.41) is 6.01. The van der Waals surface area contributed by atoms with Gasteiger partial charge < -0.3 is 24.6 Å². The van der Waals surface area contributed by atoms with Gasteiger partial charge in [-0.25, -0.2) is 14.2 Å². The van der Waals surface area contributed by atoms with Crippen molar-refractivity contribution < 1.29 is 23.5 Å². The van der Waals surface area contributed by atoms with Gasteiger partial charge in [0, 0.05) is 91.1 Å². The standard InChI is InChI=1S/C33H37ClFN7O4S/c1-39-10-11-40(18-25(39)19-42(21-43)24-6-4-23(5-7-24)41-12-14-46-15-13-41)20-28-29(33(44)45-2)30(26-8-3-22(35)17-27(26)34)38-31(37-28)32-36-9-16-47-32/h3-9,16-17,21,25,30H,10-15,18-20H2,1-2H3,(H,37,38)/t25?,30-/m0/s1. The van der Waals surface area contributed by atoms with Crippen LogP contribution < -0.4 is 15.1 Å². The molecular weight excluding hydrogens is 645 g/mol. The van der Waals surface area contributed by atoms with Gasteiger partial charge in [0.05, 0.1) is 25.9 Å². The summed E-state index contributed by atoms with van der Waals surface area (Å²) in [4.78, 5) is 43.5. The summed E-state index contributed by atoms with van der Waals surface area (Å²) in [6.07, 6.45) is 2.56. The number of carbonyl (C=O) groups excluding carboxylic acids is 2. The minimum absolute atomic E-state index is 0.0214. The molecule has 0 saturated carbocycles. The largest absolute Gasteiger partial charge is 0.466 e. The summed E-state index contributed by atoms with van der Waals surface area (Å²) in [5.74, 6) is -0.550. The Balaban J connectivity index is 1.24. The van der Waals surface area contributed by atoms with Crippen molar-refractivity contribution in [1.82, 2.24) is 20.1 Å². The van der Waals surface area contributed by atoms with Crippen molar-refractivity contribution in [3.05, 3.63) is 86.7 Å². The van der Waals surface area contributed by atoms with E-state index >= 15 is 0 Å². The fraction of sp³-hybridized carbons (Fsp3) is 0.394. The number of rotatable bonds is 10. The van der Waals surface area contributed by atoms with Gasteiger partial charge in [0.2, 0.25) is 6.41 Å².